The molecule has 3 fully saturated rings. The van der Waals surface area contributed by atoms with E-state index in [2.05, 4.69) is 10.0 Å². The van der Waals surface area contributed by atoms with Crippen LogP contribution in [0.3, 0.4) is 0 Å². The first-order valence-corrected chi connectivity index (χ1v) is 26.9. The molecular formula is C48H61N3O16Si2. The Bertz CT molecular complexity index is 2290. The summed E-state index contributed by atoms with van der Waals surface area (Å²) in [7, 11) is -5.85. The minimum absolute atomic E-state index is 0.0544. The van der Waals surface area contributed by atoms with E-state index in [1.807, 2.05) is 55.4 Å². The number of azide groups is 1. The molecule has 19 nitrogen and oxygen atoms in total. The zero-order chi connectivity index (χ0) is 50.2. The number of hydrogen-bond donors (Lipinski definition) is 0. The van der Waals surface area contributed by atoms with Crippen LogP contribution >= 0.6 is 0 Å². The maximum Gasteiger partial charge on any atom is 0.339 e. The lowest BCUT2D eigenvalue weighted by Crippen LogP contribution is -2.68. The highest BCUT2D eigenvalue weighted by Gasteiger charge is 2.66. The van der Waals surface area contributed by atoms with Crippen molar-refractivity contribution in [2.24, 2.45) is 5.11 Å². The summed E-state index contributed by atoms with van der Waals surface area (Å²) in [5.74, 6) is -4.57. The smallest absolute Gasteiger partial charge is 0.339 e. The number of methoxy groups -OCH3 is 1. The topological polar surface area (TPSA) is 236 Å². The van der Waals surface area contributed by atoms with Crippen LogP contribution < -0.4 is 0 Å². The van der Waals surface area contributed by atoms with Crippen molar-refractivity contribution in [2.45, 2.75) is 146 Å². The largest absolute Gasteiger partial charge is 0.467 e. The van der Waals surface area contributed by atoms with Gasteiger partial charge in [0, 0.05) is 11.8 Å². The quantitative estimate of drug-likeness (QED) is 0.0331. The predicted molar refractivity (Wildman–Crippen MR) is 250 cm³/mol. The summed E-state index contributed by atoms with van der Waals surface area (Å²) in [6, 6.07) is 23.5. The van der Waals surface area contributed by atoms with Gasteiger partial charge < -0.3 is 50.9 Å². The molecule has 6 rings (SSSR count). The first-order chi connectivity index (χ1) is 32.9. The number of fused-ring (bicyclic) bond motifs is 1. The summed E-state index contributed by atoms with van der Waals surface area (Å²) in [5.41, 5.74) is 9.53. The average molecular weight is 992 g/mol. The molecule has 21 heteroatoms. The fourth-order valence-corrected chi connectivity index (χ4v) is 20.2. The van der Waals surface area contributed by atoms with Crippen molar-refractivity contribution in [3.63, 3.8) is 0 Å². The number of esters is 5. The first kappa shape index (κ1) is 52.9. The van der Waals surface area contributed by atoms with Gasteiger partial charge in [0.1, 0.15) is 31.0 Å². The Kier molecular flexibility index (Phi) is 17.6. The van der Waals surface area contributed by atoms with E-state index in [9.17, 15) is 29.5 Å². The number of nitrogens with zero attached hydrogens (tertiary/aromatic N) is 3. The van der Waals surface area contributed by atoms with Crippen molar-refractivity contribution in [1.29, 1.82) is 0 Å². The van der Waals surface area contributed by atoms with Crippen LogP contribution in [-0.4, -0.2) is 122 Å². The van der Waals surface area contributed by atoms with E-state index in [4.69, 9.17) is 50.9 Å². The molecule has 0 radical (unpaired) electrons. The first-order valence-electron chi connectivity index (χ1n) is 22.9. The molecule has 3 saturated heterocycles. The number of carbonyl (C=O) groups is 5. The van der Waals surface area contributed by atoms with Crippen molar-refractivity contribution in [3.8, 4) is 0 Å². The molecule has 0 amide bonds. The van der Waals surface area contributed by atoms with E-state index in [-0.39, 0.29) is 45.5 Å². The Labute approximate surface area is 403 Å². The van der Waals surface area contributed by atoms with Crippen molar-refractivity contribution in [1.82, 2.24) is 0 Å². The lowest BCUT2D eigenvalue weighted by atomic mass is 9.95. The second-order valence-corrected chi connectivity index (χ2v) is 27.0. The summed E-state index contributed by atoms with van der Waals surface area (Å²) in [5, 5.41) is 4.01. The molecule has 0 bridgehead atoms. The Morgan fingerprint density at radius 2 is 1.06 bits per heavy atom. The van der Waals surface area contributed by atoms with E-state index in [0.717, 1.165) is 7.11 Å². The molecule has 3 aromatic rings. The molecule has 69 heavy (non-hydrogen) atoms. The van der Waals surface area contributed by atoms with Gasteiger partial charge in [0.2, 0.25) is 0 Å². The summed E-state index contributed by atoms with van der Waals surface area (Å²) in [6.45, 7) is 16.9. The minimum Gasteiger partial charge on any atom is -0.467 e. The third kappa shape index (κ3) is 11.6. The van der Waals surface area contributed by atoms with Crippen LogP contribution in [0.5, 0.6) is 0 Å². The summed E-state index contributed by atoms with van der Waals surface area (Å²) >= 11 is 0. The van der Waals surface area contributed by atoms with E-state index in [1.54, 1.807) is 54.6 Å². The highest BCUT2D eigenvalue weighted by atomic mass is 28.5. The summed E-state index contributed by atoms with van der Waals surface area (Å²) < 4.78 is 71.1. The van der Waals surface area contributed by atoms with Gasteiger partial charge in [0.25, 0.3) is 0 Å². The molecule has 3 aromatic carbocycles. The molecular weight excluding hydrogens is 931 g/mol. The zero-order valence-corrected chi connectivity index (χ0v) is 42.3. The highest BCUT2D eigenvalue weighted by molar-refractivity contribution is 6.84. The molecule has 10 atom stereocenters. The van der Waals surface area contributed by atoms with Gasteiger partial charge in [-0.2, -0.15) is 0 Å². The second kappa shape index (κ2) is 23.0. The highest BCUT2D eigenvalue weighted by Crippen LogP contribution is 2.50. The third-order valence-electron chi connectivity index (χ3n) is 12.4. The van der Waals surface area contributed by atoms with Crippen molar-refractivity contribution < 1.29 is 74.8 Å². The van der Waals surface area contributed by atoms with Crippen LogP contribution in [0.4, 0.5) is 0 Å². The van der Waals surface area contributed by atoms with Crippen molar-refractivity contribution in [2.75, 3.05) is 13.7 Å². The molecule has 0 spiro atoms. The molecule has 0 N–H and O–H groups in total. The van der Waals surface area contributed by atoms with E-state index >= 15 is 0 Å². The summed E-state index contributed by atoms with van der Waals surface area (Å²) in [6.07, 6.45) is -16.1. The van der Waals surface area contributed by atoms with E-state index < -0.39 is 108 Å². The SMILES string of the molecule is COC(=O)[C@H]1O[C@H](O[C@@H]2[C@H]3O[Si](C(C)C)(C(C)C)O[Si](C(C)C)(C(C)C)O[C@@H]3[C@@H](COC(C)=O)O[C@H]2N=[N+]=[N-])[C@H](OC(=O)c2ccccc2)[C@@H](OC(=O)c2ccccc2)[C@@H]1OC(=O)c1ccccc1. The zero-order valence-electron chi connectivity index (χ0n) is 40.3. The fraction of sp³-hybridized carbons (Fsp3) is 0.521. The predicted octanol–water partition coefficient (Wildman–Crippen LogP) is 7.87. The number of hydrogen-bond acceptors (Lipinski definition) is 17. The minimum atomic E-state index is -3.52. The standard InChI is InChI=1S/C48H61N3O16Si2/c1-27(2)68(28(3)4)65-36-35(26-58-31(9)52)59-43(50-51-49)40(39(36)66-69(67-68,29(5)6)30(7)8)63-48-42(62-46(55)34-24-18-13-19-25-34)38(61-45(54)33-22-16-12-17-23-33)37(41(64-48)47(56)57-10)60-44(53)32-20-14-11-15-21-32/h11-25,27-30,35-43,48H,26H2,1-10H3/t35-,36-,37+,38+,39+,40-,41+,42-,43-,48+/m1/s1. The number of ether oxygens (including phenoxy) is 8. The van der Waals surface area contributed by atoms with Gasteiger partial charge >= 0.3 is 47.0 Å². The monoisotopic (exact) mass is 991 g/mol. The van der Waals surface area contributed by atoms with Crippen LogP contribution in [0.2, 0.25) is 22.2 Å². The molecule has 3 aliphatic rings. The summed E-state index contributed by atoms with van der Waals surface area (Å²) in [4.78, 5) is 71.8. The van der Waals surface area contributed by atoms with Crippen LogP contribution in [0.1, 0.15) is 93.4 Å². The molecule has 0 aliphatic carbocycles. The second-order valence-electron chi connectivity index (χ2n) is 18.2. The van der Waals surface area contributed by atoms with Gasteiger partial charge in [-0.3, -0.25) is 4.79 Å². The van der Waals surface area contributed by atoms with Gasteiger partial charge in [-0.1, -0.05) is 115 Å². The Morgan fingerprint density at radius 1 is 0.623 bits per heavy atom. The number of benzene rings is 3. The fourth-order valence-electron chi connectivity index (χ4n) is 8.93. The average Bonchev–Trinajstić information content (AvgIpc) is 3.51. The van der Waals surface area contributed by atoms with Crippen LogP contribution in [0, 0.1) is 0 Å². The van der Waals surface area contributed by atoms with Crippen LogP contribution in [0.15, 0.2) is 96.1 Å². The molecule has 3 heterocycles. The van der Waals surface area contributed by atoms with Crippen molar-refractivity contribution >= 4 is 47.0 Å². The Hall–Kier alpha value is -5.49. The van der Waals surface area contributed by atoms with E-state index in [1.165, 1.54) is 43.3 Å². The van der Waals surface area contributed by atoms with Gasteiger partial charge in [0.15, 0.2) is 36.9 Å². The normalized spacial score (nSPS) is 27.3. The Balaban J connectivity index is 1.57. The Morgan fingerprint density at radius 3 is 1.48 bits per heavy atom. The van der Waals surface area contributed by atoms with Crippen molar-refractivity contribution in [3.05, 3.63) is 118 Å². The number of rotatable bonds is 16. The molecule has 0 saturated carbocycles. The van der Waals surface area contributed by atoms with Gasteiger partial charge in [-0.25, -0.2) is 19.2 Å². The van der Waals surface area contributed by atoms with Crippen LogP contribution in [-0.2, 0) is 60.5 Å². The van der Waals surface area contributed by atoms with Gasteiger partial charge in [0.05, 0.1) is 23.8 Å². The lowest BCUT2D eigenvalue weighted by molar-refractivity contribution is -0.331. The van der Waals surface area contributed by atoms with Gasteiger partial charge in [-0.15, -0.1) is 0 Å². The van der Waals surface area contributed by atoms with Crippen LogP contribution in [0.25, 0.3) is 10.4 Å². The molecule has 0 unspecified atom stereocenters. The van der Waals surface area contributed by atoms with Gasteiger partial charge in [-0.05, 0) is 64.1 Å². The lowest BCUT2D eigenvalue weighted by Gasteiger charge is -2.49. The molecule has 372 valence electrons. The third-order valence-corrected chi connectivity index (χ3v) is 22.7. The molecule has 0 aromatic heterocycles. The maximum atomic E-state index is 14.3. The molecule has 3 aliphatic heterocycles. The van der Waals surface area contributed by atoms with E-state index in [0.29, 0.717) is 0 Å². The number of carbonyl (C=O) groups excluding carboxylic acids is 5. The maximum absolute atomic E-state index is 14.3.